The smallest absolute Gasteiger partial charge is 0.0466 e. The van der Waals surface area contributed by atoms with E-state index in [1.807, 2.05) is 0 Å². The van der Waals surface area contributed by atoms with Crippen LogP contribution in [-0.2, 0) is 0 Å². The third-order valence-corrected chi connectivity index (χ3v) is 6.63. The maximum atomic E-state index is 8.96. The molecule has 2 heteroatoms. The Labute approximate surface area is 190 Å². The maximum absolute atomic E-state index is 8.96. The molecule has 0 aromatic rings. The molecule has 0 aliphatic rings. The highest BCUT2D eigenvalue weighted by atomic mass is 16.4. The first-order valence-corrected chi connectivity index (χ1v) is 14.0. The second-order valence-electron chi connectivity index (χ2n) is 9.67. The highest BCUT2D eigenvalue weighted by molar-refractivity contribution is 5.59. The Hall–Kier alpha value is -0.530. The zero-order chi connectivity index (χ0) is 22.0. The molecule has 0 aromatic carbocycles. The van der Waals surface area contributed by atoms with Crippen LogP contribution in [0.3, 0.4) is 0 Å². The first-order chi connectivity index (χ1) is 14.8. The Bertz CT molecular complexity index is 329. The quantitative estimate of drug-likeness (QED) is 0.0673. The monoisotopic (exact) mass is 423 g/mol. The molecule has 1 N–H and O–H groups in total. The summed E-state index contributed by atoms with van der Waals surface area (Å²) in [6.07, 6.45) is 35.0. The third kappa shape index (κ3) is 23.7. The Morgan fingerprint density at radius 1 is 0.467 bits per heavy atom. The van der Waals surface area contributed by atoms with Crippen LogP contribution in [0.5, 0.6) is 0 Å². The minimum absolute atomic E-state index is 0.493. The first-order valence-electron chi connectivity index (χ1n) is 14.0. The van der Waals surface area contributed by atoms with Crippen molar-refractivity contribution in [1.82, 2.24) is 0 Å². The third-order valence-electron chi connectivity index (χ3n) is 6.63. The normalized spacial score (nSPS) is 12.7. The average Bonchev–Trinajstić information content (AvgIpc) is 2.75. The highest BCUT2D eigenvalue weighted by Gasteiger charge is 2.06. The number of oxime groups is 1. The molecule has 2 nitrogen and oxygen atoms in total. The highest BCUT2D eigenvalue weighted by Crippen LogP contribution is 2.19. The van der Waals surface area contributed by atoms with E-state index < -0.39 is 0 Å². The number of unbranched alkanes of at least 4 members (excludes halogenated alkanes) is 20. The fourth-order valence-electron chi connectivity index (χ4n) is 4.53. The van der Waals surface area contributed by atoms with Crippen LogP contribution >= 0.6 is 0 Å². The molecule has 180 valence electrons. The molecule has 0 bridgehead atoms. The van der Waals surface area contributed by atoms with E-state index in [2.05, 4.69) is 19.0 Å². The van der Waals surface area contributed by atoms with Crippen molar-refractivity contribution in [3.8, 4) is 0 Å². The van der Waals surface area contributed by atoms with Crippen LogP contribution in [0.25, 0.3) is 0 Å². The largest absolute Gasteiger partial charge is 0.411 e. The molecule has 0 heterocycles. The Balaban J connectivity index is 3.42. The van der Waals surface area contributed by atoms with Crippen LogP contribution in [0.15, 0.2) is 5.16 Å². The van der Waals surface area contributed by atoms with Gasteiger partial charge in [-0.2, -0.15) is 0 Å². The van der Waals surface area contributed by atoms with Gasteiger partial charge in [-0.25, -0.2) is 0 Å². The Morgan fingerprint density at radius 3 is 1.00 bits per heavy atom. The van der Waals surface area contributed by atoms with Crippen molar-refractivity contribution < 1.29 is 5.21 Å². The number of hydrogen-bond acceptors (Lipinski definition) is 2. The predicted molar refractivity (Wildman–Crippen MR) is 136 cm³/mol. The zero-order valence-electron chi connectivity index (χ0n) is 21.0. The number of nitrogens with zero attached hydrogens (tertiary/aromatic N) is 1. The molecule has 0 amide bonds. The average molecular weight is 424 g/mol. The van der Waals surface area contributed by atoms with Crippen molar-refractivity contribution in [2.45, 2.75) is 168 Å². The summed E-state index contributed by atoms with van der Waals surface area (Å²) < 4.78 is 0. The van der Waals surface area contributed by atoms with Gasteiger partial charge in [0.15, 0.2) is 0 Å². The van der Waals surface area contributed by atoms with Crippen molar-refractivity contribution >= 4 is 6.21 Å². The van der Waals surface area contributed by atoms with Gasteiger partial charge in [-0.3, -0.25) is 0 Å². The SMILES string of the molecule is CCCCCCCCCCCCCCC(C=NO)CCCCCCCCCCCC. The molecule has 0 fully saturated rings. The fraction of sp³-hybridized carbons (Fsp3) is 0.964. The lowest BCUT2D eigenvalue weighted by Gasteiger charge is -2.11. The molecule has 0 saturated heterocycles. The van der Waals surface area contributed by atoms with Gasteiger partial charge in [0.05, 0.1) is 0 Å². The summed E-state index contributed by atoms with van der Waals surface area (Å²) in [5.41, 5.74) is 0. The van der Waals surface area contributed by atoms with E-state index in [9.17, 15) is 0 Å². The minimum atomic E-state index is 0.493. The van der Waals surface area contributed by atoms with Gasteiger partial charge in [-0.05, 0) is 18.8 Å². The fourth-order valence-corrected chi connectivity index (χ4v) is 4.53. The van der Waals surface area contributed by atoms with E-state index in [0.717, 1.165) is 0 Å². The molecule has 0 aliphatic heterocycles. The maximum Gasteiger partial charge on any atom is 0.0466 e. The van der Waals surface area contributed by atoms with Gasteiger partial charge >= 0.3 is 0 Å². The zero-order valence-corrected chi connectivity index (χ0v) is 21.0. The van der Waals surface area contributed by atoms with Crippen LogP contribution in [0.1, 0.15) is 168 Å². The molecule has 0 saturated carbocycles. The molecule has 0 radical (unpaired) electrons. The summed E-state index contributed by atoms with van der Waals surface area (Å²) in [5.74, 6) is 0.493. The summed E-state index contributed by atoms with van der Waals surface area (Å²) in [5, 5.41) is 12.3. The van der Waals surface area contributed by atoms with E-state index in [0.29, 0.717) is 5.92 Å². The van der Waals surface area contributed by atoms with E-state index in [-0.39, 0.29) is 0 Å². The molecular formula is C28H57NO. The standard InChI is InChI=1S/C28H57NO/c1-3-5-7-9-11-13-15-16-18-20-22-24-26-28(27-29-30)25-23-21-19-17-14-12-10-8-6-4-2/h27-28,30H,3-26H2,1-2H3. The van der Waals surface area contributed by atoms with Crippen LogP contribution in [0.4, 0.5) is 0 Å². The van der Waals surface area contributed by atoms with Crippen LogP contribution < -0.4 is 0 Å². The lowest BCUT2D eigenvalue weighted by Crippen LogP contribution is -2.02. The van der Waals surface area contributed by atoms with E-state index >= 15 is 0 Å². The van der Waals surface area contributed by atoms with Crippen molar-refractivity contribution in [3.05, 3.63) is 0 Å². The number of rotatable bonds is 25. The summed E-state index contributed by atoms with van der Waals surface area (Å²) >= 11 is 0. The molecule has 1 atom stereocenters. The topological polar surface area (TPSA) is 32.6 Å². The van der Waals surface area contributed by atoms with E-state index in [4.69, 9.17) is 5.21 Å². The van der Waals surface area contributed by atoms with Crippen molar-refractivity contribution in [1.29, 1.82) is 0 Å². The van der Waals surface area contributed by atoms with Crippen molar-refractivity contribution in [3.63, 3.8) is 0 Å². The molecule has 0 aromatic heterocycles. The summed E-state index contributed by atoms with van der Waals surface area (Å²) in [6, 6.07) is 0. The van der Waals surface area contributed by atoms with Gasteiger partial charge in [0.2, 0.25) is 0 Å². The second-order valence-corrected chi connectivity index (χ2v) is 9.67. The van der Waals surface area contributed by atoms with Gasteiger partial charge in [0.1, 0.15) is 0 Å². The van der Waals surface area contributed by atoms with Gasteiger partial charge in [-0.1, -0.05) is 155 Å². The van der Waals surface area contributed by atoms with Crippen LogP contribution in [0, 0.1) is 5.92 Å². The molecule has 0 rings (SSSR count). The molecule has 30 heavy (non-hydrogen) atoms. The summed E-state index contributed by atoms with van der Waals surface area (Å²) in [6.45, 7) is 4.57. The minimum Gasteiger partial charge on any atom is -0.411 e. The van der Waals surface area contributed by atoms with Gasteiger partial charge in [0, 0.05) is 6.21 Å². The lowest BCUT2D eigenvalue weighted by molar-refractivity contribution is 0.316. The Morgan fingerprint density at radius 2 is 0.733 bits per heavy atom. The predicted octanol–water partition coefficient (Wildman–Crippen LogP) is 10.5. The number of hydrogen-bond donors (Lipinski definition) is 1. The van der Waals surface area contributed by atoms with Crippen LogP contribution in [-0.4, -0.2) is 11.4 Å². The van der Waals surface area contributed by atoms with Crippen molar-refractivity contribution in [2.24, 2.45) is 11.1 Å². The van der Waals surface area contributed by atoms with Crippen molar-refractivity contribution in [2.75, 3.05) is 0 Å². The van der Waals surface area contributed by atoms with Gasteiger partial charge in [0.25, 0.3) is 0 Å². The Kier molecular flexibility index (Phi) is 26.0. The van der Waals surface area contributed by atoms with E-state index in [1.165, 1.54) is 154 Å². The summed E-state index contributed by atoms with van der Waals surface area (Å²) in [4.78, 5) is 0. The molecule has 0 aliphatic carbocycles. The van der Waals surface area contributed by atoms with E-state index in [1.54, 1.807) is 6.21 Å². The molecular weight excluding hydrogens is 366 g/mol. The van der Waals surface area contributed by atoms with Gasteiger partial charge in [-0.15, -0.1) is 5.16 Å². The lowest BCUT2D eigenvalue weighted by atomic mass is 9.95. The molecule has 1 unspecified atom stereocenters. The van der Waals surface area contributed by atoms with Crippen LogP contribution in [0.2, 0.25) is 0 Å². The summed E-state index contributed by atoms with van der Waals surface area (Å²) in [7, 11) is 0. The first kappa shape index (κ1) is 29.5. The second kappa shape index (κ2) is 26.5. The van der Waals surface area contributed by atoms with Gasteiger partial charge < -0.3 is 5.21 Å². The molecule has 0 spiro atoms.